The van der Waals surface area contributed by atoms with E-state index in [0.717, 1.165) is 17.0 Å². The van der Waals surface area contributed by atoms with Crippen molar-refractivity contribution in [3.63, 3.8) is 0 Å². The smallest absolute Gasteiger partial charge is 0.258 e. The van der Waals surface area contributed by atoms with Gasteiger partial charge in [-0.25, -0.2) is 0 Å². The molecule has 2 rings (SSSR count). The molecular weight excluding hydrogens is 216 g/mol. The second kappa shape index (κ2) is 3.52. The van der Waals surface area contributed by atoms with Crippen LogP contribution >= 0.6 is 0 Å². The van der Waals surface area contributed by atoms with E-state index in [1.165, 1.54) is 0 Å². The zero-order chi connectivity index (χ0) is 12.8. The maximum absolute atomic E-state index is 11.1. The van der Waals surface area contributed by atoms with E-state index in [-0.39, 0.29) is 16.0 Å². The summed E-state index contributed by atoms with van der Waals surface area (Å²) in [6.07, 6.45) is 1.77. The quantitative estimate of drug-likeness (QED) is 0.446. The number of nitro groups is 1. The van der Waals surface area contributed by atoms with E-state index in [9.17, 15) is 10.1 Å². The average Bonchev–Trinajstić information content (AvgIpc) is 2.47. The minimum atomic E-state index is -0.379. The Morgan fingerprint density at radius 1 is 1.47 bits per heavy atom. The maximum Gasteiger partial charge on any atom is 0.280 e. The molecule has 1 aromatic rings. The third-order valence-electron chi connectivity index (χ3n) is 3.40. The summed E-state index contributed by atoms with van der Waals surface area (Å²) in [5.74, 6) is 0. The molecule has 4 heteroatoms. The minimum absolute atomic E-state index is 0.177. The van der Waals surface area contributed by atoms with Crippen LogP contribution in [-0.2, 0) is 5.41 Å². The van der Waals surface area contributed by atoms with Crippen molar-refractivity contribution in [1.82, 2.24) is 0 Å². The second-order valence-electron chi connectivity index (χ2n) is 4.70. The summed E-state index contributed by atoms with van der Waals surface area (Å²) in [5, 5.41) is 11.1. The minimum Gasteiger partial charge on any atom is -0.258 e. The van der Waals surface area contributed by atoms with Gasteiger partial charge in [-0.15, -0.1) is 0 Å². The van der Waals surface area contributed by atoms with E-state index in [1.54, 1.807) is 18.2 Å². The van der Waals surface area contributed by atoms with E-state index in [2.05, 4.69) is 6.58 Å². The lowest BCUT2D eigenvalue weighted by Crippen LogP contribution is -2.27. The molecule has 1 aromatic carbocycles. The van der Waals surface area contributed by atoms with Crippen LogP contribution in [0.3, 0.4) is 0 Å². The summed E-state index contributed by atoms with van der Waals surface area (Å²) in [5.41, 5.74) is 2.44. The van der Waals surface area contributed by atoms with Crippen molar-refractivity contribution in [2.45, 2.75) is 19.3 Å². The summed E-state index contributed by atoms with van der Waals surface area (Å²) in [4.78, 5) is 10.8. The lowest BCUT2D eigenvalue weighted by Gasteiger charge is -2.14. The lowest BCUT2D eigenvalue weighted by atomic mass is 9.80. The SMILES string of the molecule is C=CC1=[N+](C)c2cccc([N+](=O)[O-])c2C1(C)C. The van der Waals surface area contributed by atoms with Gasteiger partial charge in [0.2, 0.25) is 5.69 Å². The van der Waals surface area contributed by atoms with Crippen molar-refractivity contribution in [3.05, 3.63) is 46.5 Å². The molecule has 0 N–H and O–H groups in total. The summed E-state index contributed by atoms with van der Waals surface area (Å²) >= 11 is 0. The molecule has 1 aliphatic heterocycles. The van der Waals surface area contributed by atoms with Gasteiger partial charge in [-0.3, -0.25) is 10.1 Å². The first kappa shape index (κ1) is 11.5. The Morgan fingerprint density at radius 3 is 2.65 bits per heavy atom. The number of nitro benzene ring substituents is 1. The van der Waals surface area contributed by atoms with Crippen molar-refractivity contribution in [3.8, 4) is 0 Å². The van der Waals surface area contributed by atoms with Crippen molar-refractivity contribution >= 4 is 17.1 Å². The summed E-state index contributed by atoms with van der Waals surface area (Å²) < 4.78 is 1.97. The molecule has 0 fully saturated rings. The fourth-order valence-electron chi connectivity index (χ4n) is 2.67. The molecule has 0 bridgehead atoms. The van der Waals surface area contributed by atoms with Crippen molar-refractivity contribution in [1.29, 1.82) is 0 Å². The first-order chi connectivity index (χ1) is 7.91. The number of nitrogens with zero attached hydrogens (tertiary/aromatic N) is 2. The zero-order valence-electron chi connectivity index (χ0n) is 10.2. The van der Waals surface area contributed by atoms with Crippen LogP contribution in [0.4, 0.5) is 11.4 Å². The van der Waals surface area contributed by atoms with Crippen LogP contribution in [0.2, 0.25) is 0 Å². The van der Waals surface area contributed by atoms with Crippen LogP contribution < -0.4 is 0 Å². The number of benzene rings is 1. The predicted octanol–water partition coefficient (Wildman–Crippen LogP) is 2.79. The Hall–Kier alpha value is -1.97. The highest BCUT2D eigenvalue weighted by Crippen LogP contribution is 2.44. The van der Waals surface area contributed by atoms with E-state index < -0.39 is 0 Å². The molecule has 0 saturated heterocycles. The van der Waals surface area contributed by atoms with Crippen LogP contribution in [0.15, 0.2) is 30.9 Å². The van der Waals surface area contributed by atoms with Crippen LogP contribution in [0.1, 0.15) is 19.4 Å². The van der Waals surface area contributed by atoms with Crippen LogP contribution in [0, 0.1) is 10.1 Å². The fraction of sp³-hybridized carbons (Fsp3) is 0.308. The molecule has 88 valence electrons. The Labute approximate surface area is 100 Å². The van der Waals surface area contributed by atoms with Crippen molar-refractivity contribution in [2.24, 2.45) is 0 Å². The Kier molecular flexibility index (Phi) is 2.38. The molecule has 4 nitrogen and oxygen atoms in total. The average molecular weight is 231 g/mol. The summed E-state index contributed by atoms with van der Waals surface area (Å²) in [6.45, 7) is 7.77. The third-order valence-corrected chi connectivity index (χ3v) is 3.40. The molecule has 17 heavy (non-hydrogen) atoms. The standard InChI is InChI=1S/C13H15N2O2/c1-5-11-13(2,3)12-9(14(11)4)7-6-8-10(12)15(16)17/h5-8H,1H2,2-4H3/q+1. The largest absolute Gasteiger partial charge is 0.280 e. The molecule has 0 atom stereocenters. The summed E-state index contributed by atoms with van der Waals surface area (Å²) in [7, 11) is 1.91. The van der Waals surface area contributed by atoms with Crippen LogP contribution in [0.5, 0.6) is 0 Å². The van der Waals surface area contributed by atoms with Gasteiger partial charge in [0.05, 0.1) is 10.3 Å². The monoisotopic (exact) mass is 231 g/mol. The second-order valence-corrected chi connectivity index (χ2v) is 4.70. The Morgan fingerprint density at radius 2 is 2.12 bits per heavy atom. The molecule has 0 aliphatic carbocycles. The van der Waals surface area contributed by atoms with E-state index in [0.29, 0.717) is 0 Å². The molecule has 0 amide bonds. The number of fused-ring (bicyclic) bond motifs is 1. The van der Waals surface area contributed by atoms with Gasteiger partial charge in [-0.05, 0) is 26.0 Å². The van der Waals surface area contributed by atoms with Gasteiger partial charge >= 0.3 is 0 Å². The highest BCUT2D eigenvalue weighted by Gasteiger charge is 2.47. The number of rotatable bonds is 2. The molecule has 1 aliphatic rings. The number of hydrogen-bond acceptors (Lipinski definition) is 2. The molecule has 0 saturated carbocycles. The Balaban J connectivity index is 2.81. The van der Waals surface area contributed by atoms with E-state index in [1.807, 2.05) is 31.5 Å². The van der Waals surface area contributed by atoms with Crippen LogP contribution in [-0.4, -0.2) is 22.3 Å². The third kappa shape index (κ3) is 1.40. The summed E-state index contributed by atoms with van der Waals surface area (Å²) in [6, 6.07) is 5.18. The van der Waals surface area contributed by atoms with Crippen molar-refractivity contribution < 1.29 is 9.50 Å². The van der Waals surface area contributed by atoms with Gasteiger partial charge in [-0.2, -0.15) is 4.58 Å². The first-order valence-electron chi connectivity index (χ1n) is 5.42. The van der Waals surface area contributed by atoms with Gasteiger partial charge < -0.3 is 0 Å². The highest BCUT2D eigenvalue weighted by molar-refractivity contribution is 6.03. The fourth-order valence-corrected chi connectivity index (χ4v) is 2.67. The van der Waals surface area contributed by atoms with Gasteiger partial charge in [-0.1, -0.05) is 6.58 Å². The molecule has 0 radical (unpaired) electrons. The lowest BCUT2D eigenvalue weighted by molar-refractivity contribution is -0.404. The number of allylic oxidation sites excluding steroid dienone is 1. The van der Waals surface area contributed by atoms with Gasteiger partial charge in [0.25, 0.3) is 5.69 Å². The zero-order valence-corrected chi connectivity index (χ0v) is 10.2. The molecule has 0 unspecified atom stereocenters. The molecule has 0 aromatic heterocycles. The number of hydrogen-bond donors (Lipinski definition) is 0. The normalized spacial score (nSPS) is 16.9. The van der Waals surface area contributed by atoms with Crippen molar-refractivity contribution in [2.75, 3.05) is 7.05 Å². The van der Waals surface area contributed by atoms with Gasteiger partial charge in [0, 0.05) is 12.1 Å². The predicted molar refractivity (Wildman–Crippen MR) is 67.2 cm³/mol. The van der Waals surface area contributed by atoms with Gasteiger partial charge in [0.1, 0.15) is 12.6 Å². The van der Waals surface area contributed by atoms with E-state index in [4.69, 9.17) is 0 Å². The molecule has 1 heterocycles. The first-order valence-corrected chi connectivity index (χ1v) is 5.42. The van der Waals surface area contributed by atoms with E-state index >= 15 is 0 Å². The molecule has 0 spiro atoms. The highest BCUT2D eigenvalue weighted by atomic mass is 16.6. The molecular formula is C13H15N2O2+. The topological polar surface area (TPSA) is 46.1 Å². The maximum atomic E-state index is 11.1. The van der Waals surface area contributed by atoms with Gasteiger partial charge in [0.15, 0.2) is 5.71 Å². The van der Waals surface area contributed by atoms with Crippen LogP contribution in [0.25, 0.3) is 0 Å². The Bertz CT molecular complexity index is 557.